The normalized spacial score (nSPS) is 23.3. The number of hydrogen-bond acceptors (Lipinski definition) is 5. The van der Waals surface area contributed by atoms with Gasteiger partial charge in [-0.1, -0.05) is 158 Å². The molecule has 2 saturated heterocycles. The number of Topliss-reactive ketones (excluding diaryl/α,β-unsaturated/α-hetero) is 2. The Morgan fingerprint density at radius 3 is 1.55 bits per heavy atom. The van der Waals surface area contributed by atoms with Gasteiger partial charge in [-0.3, -0.25) is 9.59 Å². The van der Waals surface area contributed by atoms with Crippen LogP contribution in [0.15, 0.2) is 175 Å². The number of ketones is 2. The SMILES string of the molecule is COC1=C(C(c2ccccc2)c2ccccc2)C=C(C(c2ccccc2)c2ccccc2)C2(OC3(c4ccccc4)CCC(=O)C2O3)C1=O. The summed E-state index contributed by atoms with van der Waals surface area (Å²) in [5.41, 5.74) is 4.29. The zero-order chi connectivity index (χ0) is 33.4. The number of hydrogen-bond donors (Lipinski definition) is 0. The molecule has 5 heteroatoms. The Morgan fingerprint density at radius 1 is 0.633 bits per heavy atom. The Balaban J connectivity index is 1.44. The van der Waals surface area contributed by atoms with E-state index in [1.807, 2.05) is 103 Å². The van der Waals surface area contributed by atoms with E-state index < -0.39 is 29.2 Å². The molecule has 2 fully saturated rings. The fourth-order valence-electron chi connectivity index (χ4n) is 7.95. The monoisotopic (exact) mass is 644 g/mol. The average Bonchev–Trinajstić information content (AvgIpc) is 3.46. The van der Waals surface area contributed by atoms with E-state index in [4.69, 9.17) is 14.2 Å². The number of methoxy groups -OCH3 is 1. The quantitative estimate of drug-likeness (QED) is 0.170. The van der Waals surface area contributed by atoms with Gasteiger partial charge in [0.2, 0.25) is 5.78 Å². The minimum Gasteiger partial charge on any atom is -0.493 e. The smallest absolute Gasteiger partial charge is 0.236 e. The molecule has 242 valence electrons. The van der Waals surface area contributed by atoms with Crippen molar-refractivity contribution in [1.82, 2.24) is 0 Å². The van der Waals surface area contributed by atoms with Crippen molar-refractivity contribution in [3.05, 3.63) is 202 Å². The molecule has 2 aliphatic heterocycles. The maximum atomic E-state index is 15.6. The number of benzene rings is 5. The van der Waals surface area contributed by atoms with Gasteiger partial charge >= 0.3 is 0 Å². The minimum absolute atomic E-state index is 0.161. The number of allylic oxidation sites excluding steroid dienone is 2. The first kappa shape index (κ1) is 30.9. The van der Waals surface area contributed by atoms with Gasteiger partial charge in [0.1, 0.15) is 0 Å². The molecular formula is C44H36O5. The van der Waals surface area contributed by atoms with Crippen LogP contribution in [0.5, 0.6) is 0 Å². The summed E-state index contributed by atoms with van der Waals surface area (Å²) in [7, 11) is 1.52. The first-order valence-corrected chi connectivity index (χ1v) is 16.8. The second kappa shape index (κ2) is 12.6. The number of carbonyl (C=O) groups is 2. The highest BCUT2D eigenvalue weighted by Crippen LogP contribution is 2.59. The van der Waals surface area contributed by atoms with Gasteiger partial charge in [-0.05, 0) is 27.8 Å². The van der Waals surface area contributed by atoms with E-state index in [9.17, 15) is 4.79 Å². The molecule has 5 nitrogen and oxygen atoms in total. The lowest BCUT2D eigenvalue weighted by Gasteiger charge is -2.41. The first-order chi connectivity index (χ1) is 24.1. The highest BCUT2D eigenvalue weighted by molar-refractivity contribution is 6.10. The zero-order valence-corrected chi connectivity index (χ0v) is 27.2. The van der Waals surface area contributed by atoms with E-state index in [0.29, 0.717) is 17.6 Å². The molecule has 1 spiro atoms. The lowest BCUT2D eigenvalue weighted by atomic mass is 9.66. The molecule has 0 N–H and O–H groups in total. The van der Waals surface area contributed by atoms with Gasteiger partial charge in [-0.25, -0.2) is 0 Å². The van der Waals surface area contributed by atoms with E-state index in [2.05, 4.69) is 54.6 Å². The number of ether oxygens (including phenoxy) is 3. The van der Waals surface area contributed by atoms with E-state index in [1.54, 1.807) is 0 Å². The molecule has 0 amide bonds. The summed E-state index contributed by atoms with van der Waals surface area (Å²) in [6, 6.07) is 50.1. The predicted molar refractivity (Wildman–Crippen MR) is 188 cm³/mol. The molecule has 8 rings (SSSR count). The summed E-state index contributed by atoms with van der Waals surface area (Å²) < 4.78 is 20.1. The maximum Gasteiger partial charge on any atom is 0.236 e. The van der Waals surface area contributed by atoms with Gasteiger partial charge in [0.15, 0.2) is 29.0 Å². The molecule has 49 heavy (non-hydrogen) atoms. The highest BCUT2D eigenvalue weighted by Gasteiger charge is 2.70. The van der Waals surface area contributed by atoms with Crippen LogP contribution in [0, 0.1) is 0 Å². The van der Waals surface area contributed by atoms with Crippen molar-refractivity contribution in [1.29, 1.82) is 0 Å². The average molecular weight is 645 g/mol. The van der Waals surface area contributed by atoms with Crippen molar-refractivity contribution in [2.45, 2.75) is 42.2 Å². The molecule has 3 atom stereocenters. The van der Waals surface area contributed by atoms with Gasteiger partial charge in [0.25, 0.3) is 0 Å². The van der Waals surface area contributed by atoms with Crippen LogP contribution in [-0.4, -0.2) is 30.4 Å². The van der Waals surface area contributed by atoms with Crippen LogP contribution < -0.4 is 0 Å². The van der Waals surface area contributed by atoms with Crippen LogP contribution in [0.25, 0.3) is 0 Å². The van der Waals surface area contributed by atoms with Gasteiger partial charge in [0.05, 0.1) is 7.11 Å². The van der Waals surface area contributed by atoms with Crippen LogP contribution in [-0.2, 0) is 29.6 Å². The number of rotatable bonds is 8. The summed E-state index contributed by atoms with van der Waals surface area (Å²) in [6.07, 6.45) is 1.42. The van der Waals surface area contributed by atoms with Crippen LogP contribution >= 0.6 is 0 Å². The fourth-order valence-corrected chi connectivity index (χ4v) is 7.95. The summed E-state index contributed by atoms with van der Waals surface area (Å²) in [5, 5.41) is 0. The Bertz CT molecular complexity index is 1960. The number of carbonyl (C=O) groups excluding carboxylic acids is 2. The van der Waals surface area contributed by atoms with Gasteiger partial charge in [-0.15, -0.1) is 0 Å². The first-order valence-electron chi connectivity index (χ1n) is 16.8. The highest BCUT2D eigenvalue weighted by atomic mass is 16.8. The predicted octanol–water partition coefficient (Wildman–Crippen LogP) is 8.43. The summed E-state index contributed by atoms with van der Waals surface area (Å²) in [6.45, 7) is 0. The lowest BCUT2D eigenvalue weighted by Crippen LogP contribution is -2.56. The molecule has 2 bridgehead atoms. The number of fused-ring (bicyclic) bond motifs is 3. The van der Waals surface area contributed by atoms with Crippen molar-refractivity contribution < 1.29 is 23.8 Å². The van der Waals surface area contributed by atoms with E-state index in [0.717, 1.165) is 27.8 Å². The van der Waals surface area contributed by atoms with Crippen LogP contribution in [0.1, 0.15) is 52.5 Å². The molecule has 0 radical (unpaired) electrons. The van der Waals surface area contributed by atoms with Crippen LogP contribution in [0.2, 0.25) is 0 Å². The molecule has 3 unspecified atom stereocenters. The van der Waals surface area contributed by atoms with Crippen molar-refractivity contribution >= 4 is 11.6 Å². The second-order valence-electron chi connectivity index (χ2n) is 12.8. The summed E-state index contributed by atoms with van der Waals surface area (Å²) >= 11 is 0. The molecule has 5 aromatic carbocycles. The standard InChI is InChI=1S/C44H36O5/c1-47-40-35(38(30-17-7-2-8-18-30)31-19-9-3-10-20-31)29-36(39(32-21-11-4-12-22-32)33-23-13-5-14-24-33)44(41(40)46)42-37(45)27-28-43(48-42,49-44)34-25-15-6-16-26-34/h2-26,29,38-39,42H,27-28H2,1H3. The molecule has 3 aliphatic rings. The van der Waals surface area contributed by atoms with Gasteiger partial charge in [-0.2, -0.15) is 0 Å². The Kier molecular flexibility index (Phi) is 7.95. The topological polar surface area (TPSA) is 61.8 Å². The largest absolute Gasteiger partial charge is 0.493 e. The lowest BCUT2D eigenvalue weighted by molar-refractivity contribution is -0.208. The summed E-state index contributed by atoms with van der Waals surface area (Å²) in [5.74, 6) is -2.49. The zero-order valence-electron chi connectivity index (χ0n) is 27.2. The van der Waals surface area contributed by atoms with Gasteiger partial charge < -0.3 is 14.2 Å². The molecule has 0 saturated carbocycles. The van der Waals surface area contributed by atoms with E-state index >= 15 is 4.79 Å². The molecule has 1 aliphatic carbocycles. The maximum absolute atomic E-state index is 15.6. The molecular weight excluding hydrogens is 608 g/mol. The third-order valence-corrected chi connectivity index (χ3v) is 10.1. The van der Waals surface area contributed by atoms with Crippen LogP contribution in [0.3, 0.4) is 0 Å². The van der Waals surface area contributed by atoms with Crippen LogP contribution in [0.4, 0.5) is 0 Å². The van der Waals surface area contributed by atoms with Crippen molar-refractivity contribution in [2.24, 2.45) is 0 Å². The Morgan fingerprint density at radius 2 is 1.08 bits per heavy atom. The summed E-state index contributed by atoms with van der Waals surface area (Å²) in [4.78, 5) is 29.7. The van der Waals surface area contributed by atoms with Crippen molar-refractivity contribution in [3.8, 4) is 0 Å². The van der Waals surface area contributed by atoms with Gasteiger partial charge in [0, 0.05) is 35.8 Å². The fraction of sp³-hybridized carbons (Fsp3) is 0.182. The second-order valence-corrected chi connectivity index (χ2v) is 12.8. The third-order valence-electron chi connectivity index (χ3n) is 10.1. The molecule has 2 heterocycles. The van der Waals surface area contributed by atoms with E-state index in [1.165, 1.54) is 7.11 Å². The molecule has 0 aromatic heterocycles. The Labute approximate surface area is 286 Å². The van der Waals surface area contributed by atoms with E-state index in [-0.39, 0.29) is 23.9 Å². The van der Waals surface area contributed by atoms with Crippen molar-refractivity contribution in [2.75, 3.05) is 7.11 Å². The molecule has 5 aromatic rings. The third kappa shape index (κ3) is 5.09. The minimum atomic E-state index is -1.79. The van der Waals surface area contributed by atoms with Crippen molar-refractivity contribution in [3.63, 3.8) is 0 Å². The Hall–Kier alpha value is -5.36.